The maximum absolute atomic E-state index is 13.3. The van der Waals surface area contributed by atoms with Crippen molar-refractivity contribution in [1.29, 1.82) is 0 Å². The Bertz CT molecular complexity index is 1010. The minimum atomic E-state index is 0.155. The van der Waals surface area contributed by atoms with Crippen molar-refractivity contribution < 1.29 is 4.79 Å². The molecule has 0 N–H and O–H groups in total. The summed E-state index contributed by atoms with van der Waals surface area (Å²) in [6.07, 6.45) is 5.32. The highest BCUT2D eigenvalue weighted by molar-refractivity contribution is 5.94. The third-order valence-corrected chi connectivity index (χ3v) is 7.50. The second kappa shape index (κ2) is 11.7. The van der Waals surface area contributed by atoms with Crippen LogP contribution >= 0.6 is 0 Å². The van der Waals surface area contributed by atoms with Crippen molar-refractivity contribution in [1.82, 2.24) is 14.7 Å². The minimum Gasteiger partial charge on any atom is -0.336 e. The van der Waals surface area contributed by atoms with Gasteiger partial charge in [0.15, 0.2) is 0 Å². The molecule has 3 aromatic rings. The predicted molar refractivity (Wildman–Crippen MR) is 142 cm³/mol. The third-order valence-electron chi connectivity index (χ3n) is 7.50. The summed E-state index contributed by atoms with van der Waals surface area (Å²) in [5.74, 6) is 0.155. The number of carbonyl (C=O) groups excluding carboxylic acids is 1. The first-order valence-corrected chi connectivity index (χ1v) is 13.2. The van der Waals surface area contributed by atoms with Gasteiger partial charge in [0.1, 0.15) is 0 Å². The first kappa shape index (κ1) is 23.8. The SMILES string of the molecule is O=C(c1ccc(CN2CCCCCC2)cc1)N1CCN(C(c2ccccc2)c2ccccc2)CC1. The zero-order valence-electron chi connectivity index (χ0n) is 20.7. The number of hydrogen-bond donors (Lipinski definition) is 0. The lowest BCUT2D eigenvalue weighted by molar-refractivity contribution is 0.0597. The number of benzene rings is 3. The highest BCUT2D eigenvalue weighted by atomic mass is 16.2. The Morgan fingerprint density at radius 2 is 1.17 bits per heavy atom. The van der Waals surface area contributed by atoms with Crippen LogP contribution in [0.5, 0.6) is 0 Å². The number of likely N-dealkylation sites (tertiary alicyclic amines) is 1. The molecule has 2 aliphatic rings. The van der Waals surface area contributed by atoms with E-state index in [1.54, 1.807) is 0 Å². The monoisotopic (exact) mass is 467 g/mol. The van der Waals surface area contributed by atoms with Crippen LogP contribution in [0.25, 0.3) is 0 Å². The van der Waals surface area contributed by atoms with Crippen LogP contribution in [0, 0.1) is 0 Å². The van der Waals surface area contributed by atoms with Crippen LogP contribution in [0.1, 0.15) is 58.8 Å². The standard InChI is InChI=1S/C31H37N3O/c35-31(29-17-15-26(16-18-29)25-32-19-9-1-2-10-20-32)34-23-21-33(22-24-34)30(27-11-5-3-6-12-27)28-13-7-4-8-14-28/h3-8,11-18,30H,1-2,9-10,19-25H2. The van der Waals surface area contributed by atoms with E-state index in [9.17, 15) is 4.79 Å². The molecule has 0 aromatic heterocycles. The molecule has 1 amide bonds. The predicted octanol–water partition coefficient (Wildman–Crippen LogP) is 5.61. The van der Waals surface area contributed by atoms with E-state index in [-0.39, 0.29) is 11.9 Å². The van der Waals surface area contributed by atoms with Gasteiger partial charge >= 0.3 is 0 Å². The van der Waals surface area contributed by atoms with Crippen molar-refractivity contribution >= 4 is 5.91 Å². The summed E-state index contributed by atoms with van der Waals surface area (Å²) in [5, 5.41) is 0. The lowest BCUT2D eigenvalue weighted by atomic mass is 9.96. The molecule has 35 heavy (non-hydrogen) atoms. The fourth-order valence-electron chi connectivity index (χ4n) is 5.56. The number of piperazine rings is 1. The molecule has 2 aliphatic heterocycles. The van der Waals surface area contributed by atoms with E-state index in [2.05, 4.69) is 82.6 Å². The summed E-state index contributed by atoms with van der Waals surface area (Å²) >= 11 is 0. The van der Waals surface area contributed by atoms with Gasteiger partial charge in [-0.05, 0) is 54.8 Å². The molecule has 182 valence electrons. The molecule has 4 nitrogen and oxygen atoms in total. The molecule has 2 fully saturated rings. The molecular formula is C31H37N3O. The van der Waals surface area contributed by atoms with Gasteiger partial charge in [-0.1, -0.05) is 85.6 Å². The zero-order valence-corrected chi connectivity index (χ0v) is 20.7. The van der Waals surface area contributed by atoms with Gasteiger partial charge < -0.3 is 4.90 Å². The number of nitrogens with zero attached hydrogens (tertiary/aromatic N) is 3. The molecular weight excluding hydrogens is 430 g/mol. The van der Waals surface area contributed by atoms with Gasteiger partial charge in [-0.2, -0.15) is 0 Å². The van der Waals surface area contributed by atoms with Gasteiger partial charge in [-0.15, -0.1) is 0 Å². The van der Waals surface area contributed by atoms with Crippen LogP contribution in [0.4, 0.5) is 0 Å². The lowest BCUT2D eigenvalue weighted by Gasteiger charge is -2.39. The molecule has 5 rings (SSSR count). The topological polar surface area (TPSA) is 26.8 Å². The molecule has 0 aliphatic carbocycles. The van der Waals surface area contributed by atoms with Crippen LogP contribution in [0.2, 0.25) is 0 Å². The van der Waals surface area contributed by atoms with E-state index in [1.165, 1.54) is 55.5 Å². The molecule has 0 unspecified atom stereocenters. The fourth-order valence-corrected chi connectivity index (χ4v) is 5.56. The van der Waals surface area contributed by atoms with Crippen LogP contribution < -0.4 is 0 Å². The normalized spacial score (nSPS) is 17.9. The summed E-state index contributed by atoms with van der Waals surface area (Å²) in [5.41, 5.74) is 4.72. The van der Waals surface area contributed by atoms with E-state index in [0.29, 0.717) is 0 Å². The van der Waals surface area contributed by atoms with E-state index >= 15 is 0 Å². The fraction of sp³-hybridized carbons (Fsp3) is 0.387. The first-order valence-electron chi connectivity index (χ1n) is 13.2. The summed E-state index contributed by atoms with van der Waals surface area (Å²) in [7, 11) is 0. The maximum atomic E-state index is 13.3. The maximum Gasteiger partial charge on any atom is 0.253 e. The Morgan fingerprint density at radius 1 is 0.629 bits per heavy atom. The van der Waals surface area contributed by atoms with Gasteiger partial charge in [0.05, 0.1) is 6.04 Å². The number of amides is 1. The highest BCUT2D eigenvalue weighted by Gasteiger charge is 2.28. The Kier molecular flexibility index (Phi) is 7.92. The van der Waals surface area contributed by atoms with E-state index in [4.69, 9.17) is 0 Å². The molecule has 0 saturated carbocycles. The van der Waals surface area contributed by atoms with Crippen molar-refractivity contribution in [2.24, 2.45) is 0 Å². The Hall–Kier alpha value is -2.95. The smallest absolute Gasteiger partial charge is 0.253 e. The molecule has 0 spiro atoms. The summed E-state index contributed by atoms with van der Waals surface area (Å²) in [6.45, 7) is 6.62. The van der Waals surface area contributed by atoms with E-state index in [0.717, 1.165) is 38.3 Å². The van der Waals surface area contributed by atoms with Crippen LogP contribution in [-0.4, -0.2) is 59.9 Å². The zero-order chi connectivity index (χ0) is 23.9. The van der Waals surface area contributed by atoms with Crippen molar-refractivity contribution in [3.05, 3.63) is 107 Å². The van der Waals surface area contributed by atoms with Crippen LogP contribution in [-0.2, 0) is 6.54 Å². The number of rotatable bonds is 6. The lowest BCUT2D eigenvalue weighted by Crippen LogP contribution is -2.49. The number of carbonyl (C=O) groups is 1. The third kappa shape index (κ3) is 6.01. The van der Waals surface area contributed by atoms with Crippen molar-refractivity contribution in [2.75, 3.05) is 39.3 Å². The first-order chi connectivity index (χ1) is 17.3. The van der Waals surface area contributed by atoms with Gasteiger partial charge in [-0.3, -0.25) is 14.6 Å². The Labute approximate surface area is 210 Å². The van der Waals surface area contributed by atoms with Crippen LogP contribution in [0.3, 0.4) is 0 Å². The van der Waals surface area contributed by atoms with Crippen molar-refractivity contribution in [3.63, 3.8) is 0 Å². The molecule has 0 atom stereocenters. The van der Waals surface area contributed by atoms with E-state index in [1.807, 2.05) is 17.0 Å². The largest absolute Gasteiger partial charge is 0.336 e. The van der Waals surface area contributed by atoms with Gasteiger partial charge in [0.25, 0.3) is 5.91 Å². The molecule has 0 radical (unpaired) electrons. The average molecular weight is 468 g/mol. The second-order valence-electron chi connectivity index (χ2n) is 9.94. The minimum absolute atomic E-state index is 0.155. The molecule has 3 aromatic carbocycles. The molecule has 2 saturated heterocycles. The number of hydrogen-bond acceptors (Lipinski definition) is 3. The van der Waals surface area contributed by atoms with Crippen molar-refractivity contribution in [3.8, 4) is 0 Å². The summed E-state index contributed by atoms with van der Waals surface area (Å²) in [6, 6.07) is 30.0. The average Bonchev–Trinajstić information content (AvgIpc) is 3.19. The van der Waals surface area contributed by atoms with Gasteiger partial charge in [0.2, 0.25) is 0 Å². The Morgan fingerprint density at radius 3 is 1.71 bits per heavy atom. The molecule has 0 bridgehead atoms. The summed E-state index contributed by atoms with van der Waals surface area (Å²) < 4.78 is 0. The van der Waals surface area contributed by atoms with Crippen LogP contribution in [0.15, 0.2) is 84.9 Å². The van der Waals surface area contributed by atoms with E-state index < -0.39 is 0 Å². The molecule has 4 heteroatoms. The summed E-state index contributed by atoms with van der Waals surface area (Å²) in [4.78, 5) is 20.3. The molecule has 2 heterocycles. The Balaban J connectivity index is 1.21. The van der Waals surface area contributed by atoms with Gasteiger partial charge in [-0.25, -0.2) is 0 Å². The quantitative estimate of drug-likeness (QED) is 0.471. The second-order valence-corrected chi connectivity index (χ2v) is 9.94. The highest BCUT2D eigenvalue weighted by Crippen LogP contribution is 2.29. The van der Waals surface area contributed by atoms with Crippen molar-refractivity contribution in [2.45, 2.75) is 38.3 Å². The van der Waals surface area contributed by atoms with Gasteiger partial charge in [0, 0.05) is 38.3 Å².